The first-order valence-corrected chi connectivity index (χ1v) is 6.14. The van der Waals surface area contributed by atoms with Crippen molar-refractivity contribution in [2.75, 3.05) is 26.8 Å². The highest BCUT2D eigenvalue weighted by molar-refractivity contribution is 5.76. The van der Waals surface area contributed by atoms with Gasteiger partial charge >= 0.3 is 0 Å². The van der Waals surface area contributed by atoms with E-state index in [1.54, 1.807) is 13.3 Å². The molecule has 0 aliphatic carbocycles. The van der Waals surface area contributed by atoms with Crippen molar-refractivity contribution in [2.24, 2.45) is 0 Å². The van der Waals surface area contributed by atoms with Crippen molar-refractivity contribution in [3.63, 3.8) is 0 Å². The molecule has 5 heteroatoms. The summed E-state index contributed by atoms with van der Waals surface area (Å²) in [6, 6.07) is 5.96. The highest BCUT2D eigenvalue weighted by atomic mass is 16.5. The third-order valence-corrected chi connectivity index (χ3v) is 2.56. The second-order valence-corrected chi connectivity index (χ2v) is 4.02. The van der Waals surface area contributed by atoms with Crippen molar-refractivity contribution in [2.45, 2.75) is 19.4 Å². The maximum atomic E-state index is 11.4. The number of ether oxygens (including phenoxy) is 1. The van der Waals surface area contributed by atoms with Crippen molar-refractivity contribution in [1.82, 2.24) is 15.6 Å². The van der Waals surface area contributed by atoms with Gasteiger partial charge in [0.15, 0.2) is 0 Å². The summed E-state index contributed by atoms with van der Waals surface area (Å²) >= 11 is 0. The van der Waals surface area contributed by atoms with E-state index in [2.05, 4.69) is 15.6 Å². The van der Waals surface area contributed by atoms with Crippen LogP contribution in [0.2, 0.25) is 0 Å². The standard InChI is InChI=1S/C13H21N3O2/c1-11(12-5-3-4-7-15-12)14-8-6-13(17)16-9-10-18-2/h3-5,7,11,14H,6,8-10H2,1-2H3,(H,16,17). The van der Waals surface area contributed by atoms with Crippen LogP contribution in [0.3, 0.4) is 0 Å². The van der Waals surface area contributed by atoms with Crippen molar-refractivity contribution in [3.8, 4) is 0 Å². The fourth-order valence-electron chi connectivity index (χ4n) is 1.52. The van der Waals surface area contributed by atoms with Gasteiger partial charge in [-0.1, -0.05) is 6.07 Å². The van der Waals surface area contributed by atoms with Crippen LogP contribution in [-0.4, -0.2) is 37.7 Å². The number of hydrogen-bond acceptors (Lipinski definition) is 4. The van der Waals surface area contributed by atoms with Crippen molar-refractivity contribution in [3.05, 3.63) is 30.1 Å². The molecule has 0 bridgehead atoms. The number of amides is 1. The summed E-state index contributed by atoms with van der Waals surface area (Å²) < 4.78 is 4.85. The SMILES string of the molecule is COCCNC(=O)CCNC(C)c1ccccn1. The Labute approximate surface area is 108 Å². The fourth-order valence-corrected chi connectivity index (χ4v) is 1.52. The second-order valence-electron chi connectivity index (χ2n) is 4.02. The summed E-state index contributed by atoms with van der Waals surface area (Å²) in [4.78, 5) is 15.7. The molecule has 0 spiro atoms. The highest BCUT2D eigenvalue weighted by Crippen LogP contribution is 2.07. The summed E-state index contributed by atoms with van der Waals surface area (Å²) in [6.45, 7) is 3.77. The largest absolute Gasteiger partial charge is 0.383 e. The van der Waals surface area contributed by atoms with Crippen LogP contribution < -0.4 is 10.6 Å². The maximum Gasteiger partial charge on any atom is 0.221 e. The molecule has 100 valence electrons. The third-order valence-electron chi connectivity index (χ3n) is 2.56. The molecule has 5 nitrogen and oxygen atoms in total. The summed E-state index contributed by atoms with van der Waals surface area (Å²) in [7, 11) is 1.61. The second kappa shape index (κ2) is 8.60. The average Bonchev–Trinajstić information content (AvgIpc) is 2.40. The van der Waals surface area contributed by atoms with Gasteiger partial charge in [0.05, 0.1) is 12.3 Å². The van der Waals surface area contributed by atoms with Crippen LogP contribution in [0.25, 0.3) is 0 Å². The van der Waals surface area contributed by atoms with E-state index in [1.165, 1.54) is 0 Å². The van der Waals surface area contributed by atoms with E-state index in [-0.39, 0.29) is 11.9 Å². The predicted molar refractivity (Wildman–Crippen MR) is 70.2 cm³/mol. The molecule has 0 aromatic carbocycles. The van der Waals surface area contributed by atoms with Crippen molar-refractivity contribution < 1.29 is 9.53 Å². The number of carbonyl (C=O) groups is 1. The first-order chi connectivity index (χ1) is 8.74. The molecule has 0 aliphatic rings. The van der Waals surface area contributed by atoms with Gasteiger partial charge in [0, 0.05) is 38.9 Å². The first kappa shape index (κ1) is 14.6. The van der Waals surface area contributed by atoms with E-state index >= 15 is 0 Å². The molecule has 2 N–H and O–H groups in total. The molecule has 1 rings (SSSR count). The van der Waals surface area contributed by atoms with Gasteiger partial charge in [0.25, 0.3) is 0 Å². The number of pyridine rings is 1. The molecule has 1 heterocycles. The monoisotopic (exact) mass is 251 g/mol. The molecule has 1 amide bonds. The van der Waals surface area contributed by atoms with Crippen LogP contribution in [0.1, 0.15) is 25.1 Å². The smallest absolute Gasteiger partial charge is 0.221 e. The minimum Gasteiger partial charge on any atom is -0.383 e. The Kier molecular flexibility index (Phi) is 6.98. The third kappa shape index (κ3) is 5.75. The Balaban J connectivity index is 2.16. The summed E-state index contributed by atoms with van der Waals surface area (Å²) in [5.41, 5.74) is 0.984. The number of carbonyl (C=O) groups excluding carboxylic acids is 1. The molecule has 0 saturated heterocycles. The van der Waals surface area contributed by atoms with Crippen LogP contribution in [0, 0.1) is 0 Å². The number of rotatable bonds is 8. The molecule has 0 saturated carbocycles. The van der Waals surface area contributed by atoms with Gasteiger partial charge in [-0.15, -0.1) is 0 Å². The number of nitrogens with one attached hydrogen (secondary N) is 2. The molecule has 1 atom stereocenters. The Morgan fingerprint density at radius 3 is 2.94 bits per heavy atom. The van der Waals surface area contributed by atoms with E-state index in [1.807, 2.05) is 25.1 Å². The number of nitrogens with zero attached hydrogens (tertiary/aromatic N) is 1. The topological polar surface area (TPSA) is 63.2 Å². The Morgan fingerprint density at radius 2 is 2.28 bits per heavy atom. The summed E-state index contributed by atoms with van der Waals surface area (Å²) in [5.74, 6) is 0.0350. The summed E-state index contributed by atoms with van der Waals surface area (Å²) in [6.07, 6.45) is 2.23. The fraction of sp³-hybridized carbons (Fsp3) is 0.538. The lowest BCUT2D eigenvalue weighted by Gasteiger charge is -2.12. The molecule has 1 unspecified atom stereocenters. The Hall–Kier alpha value is -1.46. The molecule has 0 radical (unpaired) electrons. The van der Waals surface area contributed by atoms with Gasteiger partial charge in [-0.3, -0.25) is 9.78 Å². The zero-order valence-corrected chi connectivity index (χ0v) is 11.0. The van der Waals surface area contributed by atoms with E-state index in [0.717, 1.165) is 5.69 Å². The lowest BCUT2D eigenvalue weighted by atomic mass is 10.2. The van der Waals surface area contributed by atoms with E-state index in [9.17, 15) is 4.79 Å². The van der Waals surface area contributed by atoms with Crippen LogP contribution in [0.4, 0.5) is 0 Å². The molecule has 1 aromatic heterocycles. The first-order valence-electron chi connectivity index (χ1n) is 6.14. The van der Waals surface area contributed by atoms with E-state index in [0.29, 0.717) is 26.1 Å². The highest BCUT2D eigenvalue weighted by Gasteiger charge is 2.06. The Morgan fingerprint density at radius 1 is 1.44 bits per heavy atom. The predicted octanol–water partition coefficient (Wildman–Crippen LogP) is 0.885. The lowest BCUT2D eigenvalue weighted by molar-refractivity contribution is -0.121. The zero-order chi connectivity index (χ0) is 13.2. The van der Waals surface area contributed by atoms with Gasteiger partial charge in [-0.25, -0.2) is 0 Å². The van der Waals surface area contributed by atoms with Crippen LogP contribution in [-0.2, 0) is 9.53 Å². The quantitative estimate of drug-likeness (QED) is 0.673. The minimum atomic E-state index is 0.0350. The molecule has 18 heavy (non-hydrogen) atoms. The molecular weight excluding hydrogens is 230 g/mol. The van der Waals surface area contributed by atoms with Crippen LogP contribution in [0.5, 0.6) is 0 Å². The van der Waals surface area contributed by atoms with Crippen molar-refractivity contribution >= 4 is 5.91 Å². The normalized spacial score (nSPS) is 12.1. The van der Waals surface area contributed by atoms with Gasteiger partial charge in [0.1, 0.15) is 0 Å². The van der Waals surface area contributed by atoms with E-state index < -0.39 is 0 Å². The number of methoxy groups -OCH3 is 1. The Bertz CT molecular complexity index is 343. The average molecular weight is 251 g/mol. The zero-order valence-electron chi connectivity index (χ0n) is 11.0. The number of hydrogen-bond donors (Lipinski definition) is 2. The van der Waals surface area contributed by atoms with Gasteiger partial charge in [-0.05, 0) is 19.1 Å². The van der Waals surface area contributed by atoms with Crippen molar-refractivity contribution in [1.29, 1.82) is 0 Å². The molecular formula is C13H21N3O2. The lowest BCUT2D eigenvalue weighted by Crippen LogP contribution is -2.31. The van der Waals surface area contributed by atoms with E-state index in [4.69, 9.17) is 4.74 Å². The molecule has 1 aromatic rings. The molecule has 0 aliphatic heterocycles. The van der Waals surface area contributed by atoms with Crippen LogP contribution >= 0.6 is 0 Å². The molecule has 0 fully saturated rings. The van der Waals surface area contributed by atoms with Gasteiger partial charge in [0.2, 0.25) is 5.91 Å². The van der Waals surface area contributed by atoms with Gasteiger partial charge < -0.3 is 15.4 Å². The van der Waals surface area contributed by atoms with Crippen LogP contribution in [0.15, 0.2) is 24.4 Å². The number of aromatic nitrogens is 1. The minimum absolute atomic E-state index is 0.0350. The maximum absolute atomic E-state index is 11.4. The summed E-state index contributed by atoms with van der Waals surface area (Å²) in [5, 5.41) is 6.04. The van der Waals surface area contributed by atoms with Gasteiger partial charge in [-0.2, -0.15) is 0 Å².